The van der Waals surface area contributed by atoms with Crippen LogP contribution in [0.1, 0.15) is 19.4 Å². The van der Waals surface area contributed by atoms with Crippen molar-refractivity contribution in [1.29, 1.82) is 0 Å². The Morgan fingerprint density at radius 1 is 1.26 bits per heavy atom. The fraction of sp³-hybridized carbons (Fsp3) is 0.462. The number of nitrogens with two attached hydrogens (primary N) is 1. The van der Waals surface area contributed by atoms with Crippen molar-refractivity contribution in [2.45, 2.75) is 31.7 Å². The monoisotopic (exact) mass is 284 g/mol. The van der Waals surface area contributed by atoms with E-state index < -0.39 is 15.9 Å². The third-order valence-electron chi connectivity index (χ3n) is 2.89. The number of carbonyl (C=O) groups excluding carboxylic acids is 1. The lowest BCUT2D eigenvalue weighted by atomic mass is 10.2. The smallest absolute Gasteiger partial charge is 0.315 e. The molecule has 0 aliphatic rings. The summed E-state index contributed by atoms with van der Waals surface area (Å²) in [4.78, 5) is 12.8. The fourth-order valence-electron chi connectivity index (χ4n) is 1.70. The number of hydrogen-bond donors (Lipinski definition) is 1. The van der Waals surface area contributed by atoms with Crippen LogP contribution >= 0.6 is 0 Å². The molecule has 0 fully saturated rings. The highest BCUT2D eigenvalue weighted by Gasteiger charge is 2.19. The van der Waals surface area contributed by atoms with Crippen LogP contribution < -0.4 is 5.73 Å². The molecule has 5 nitrogen and oxygen atoms in total. The van der Waals surface area contributed by atoms with Gasteiger partial charge in [0.25, 0.3) is 0 Å². The van der Waals surface area contributed by atoms with E-state index in [9.17, 15) is 13.2 Å². The van der Waals surface area contributed by atoms with Gasteiger partial charge in [-0.3, -0.25) is 0 Å². The third-order valence-corrected chi connectivity index (χ3v) is 4.60. The number of hydrogen-bond acceptors (Lipinski definition) is 3. The molecule has 6 heteroatoms. The number of amides is 2. The van der Waals surface area contributed by atoms with Crippen molar-refractivity contribution in [2.75, 3.05) is 12.3 Å². The first-order valence-electron chi connectivity index (χ1n) is 6.09. The summed E-state index contributed by atoms with van der Waals surface area (Å²) in [6.07, 6.45) is 0. The Morgan fingerprint density at radius 2 is 1.79 bits per heavy atom. The van der Waals surface area contributed by atoms with Crippen LogP contribution in [0.4, 0.5) is 4.79 Å². The van der Waals surface area contributed by atoms with Gasteiger partial charge in [-0.05, 0) is 32.9 Å². The average Bonchev–Trinajstić information content (AvgIpc) is 2.28. The molecule has 0 bridgehead atoms. The Kier molecular flexibility index (Phi) is 4.94. The molecule has 0 aliphatic carbocycles. The van der Waals surface area contributed by atoms with Crippen molar-refractivity contribution in [1.82, 2.24) is 4.90 Å². The topological polar surface area (TPSA) is 80.5 Å². The Bertz CT molecular complexity index is 536. The molecule has 0 atom stereocenters. The van der Waals surface area contributed by atoms with Gasteiger partial charge in [0.1, 0.15) is 0 Å². The van der Waals surface area contributed by atoms with Crippen LogP contribution in [0, 0.1) is 6.92 Å². The minimum atomic E-state index is -3.39. The molecule has 106 valence electrons. The van der Waals surface area contributed by atoms with Gasteiger partial charge in [0.05, 0.1) is 10.6 Å². The van der Waals surface area contributed by atoms with Crippen molar-refractivity contribution in [3.8, 4) is 0 Å². The minimum Gasteiger partial charge on any atom is -0.351 e. The molecule has 0 aliphatic heterocycles. The summed E-state index contributed by atoms with van der Waals surface area (Å²) in [7, 11) is -3.39. The maximum Gasteiger partial charge on any atom is 0.315 e. The molecule has 0 aromatic heterocycles. The quantitative estimate of drug-likeness (QED) is 0.891. The largest absolute Gasteiger partial charge is 0.351 e. The summed E-state index contributed by atoms with van der Waals surface area (Å²) in [5.41, 5.74) is 6.22. The minimum absolute atomic E-state index is 0.100. The molecule has 0 spiro atoms. The average molecular weight is 284 g/mol. The predicted octanol–water partition coefficient (Wildman–Crippen LogP) is 1.56. The van der Waals surface area contributed by atoms with E-state index in [2.05, 4.69) is 0 Å². The maximum atomic E-state index is 12.1. The zero-order chi connectivity index (χ0) is 14.6. The Balaban J connectivity index is 2.80. The zero-order valence-electron chi connectivity index (χ0n) is 11.5. The van der Waals surface area contributed by atoms with Crippen molar-refractivity contribution >= 4 is 15.9 Å². The lowest BCUT2D eigenvalue weighted by molar-refractivity contribution is 0.197. The van der Waals surface area contributed by atoms with E-state index in [1.165, 1.54) is 4.90 Å². The molecule has 0 saturated heterocycles. The van der Waals surface area contributed by atoms with Gasteiger partial charge in [-0.25, -0.2) is 13.2 Å². The first-order chi connectivity index (χ1) is 8.74. The molecular weight excluding hydrogens is 264 g/mol. The molecule has 2 amide bonds. The van der Waals surface area contributed by atoms with Gasteiger partial charge < -0.3 is 10.6 Å². The first kappa shape index (κ1) is 15.5. The molecule has 1 rings (SSSR count). The van der Waals surface area contributed by atoms with Gasteiger partial charge in [0, 0.05) is 12.6 Å². The first-order valence-corrected chi connectivity index (χ1v) is 7.75. The number of carbonyl (C=O) groups is 1. The van der Waals surface area contributed by atoms with Crippen LogP contribution in [0.5, 0.6) is 0 Å². The van der Waals surface area contributed by atoms with E-state index >= 15 is 0 Å². The van der Waals surface area contributed by atoms with Crippen LogP contribution in [-0.4, -0.2) is 37.7 Å². The third kappa shape index (κ3) is 4.24. The van der Waals surface area contributed by atoms with Gasteiger partial charge in [-0.2, -0.15) is 0 Å². The van der Waals surface area contributed by atoms with Gasteiger partial charge >= 0.3 is 6.03 Å². The van der Waals surface area contributed by atoms with E-state index in [1.807, 2.05) is 6.92 Å². The van der Waals surface area contributed by atoms with E-state index in [4.69, 9.17) is 5.73 Å². The van der Waals surface area contributed by atoms with Crippen LogP contribution in [0.3, 0.4) is 0 Å². The van der Waals surface area contributed by atoms with Gasteiger partial charge in [0.2, 0.25) is 0 Å². The highest BCUT2D eigenvalue weighted by atomic mass is 32.2. The number of sulfone groups is 1. The van der Waals surface area contributed by atoms with E-state index in [0.717, 1.165) is 5.56 Å². The standard InChI is InChI=1S/C13H20N2O3S/c1-10(2)15(13(14)16)8-9-19(17,18)12-6-4-11(3)5-7-12/h4-7,10H,8-9H2,1-3H3,(H2,14,16). The summed E-state index contributed by atoms with van der Waals surface area (Å²) < 4.78 is 24.2. The molecule has 0 radical (unpaired) electrons. The normalized spacial score (nSPS) is 11.6. The van der Waals surface area contributed by atoms with Crippen LogP contribution in [0.2, 0.25) is 0 Å². The zero-order valence-corrected chi connectivity index (χ0v) is 12.3. The van der Waals surface area contributed by atoms with Crippen molar-refractivity contribution in [2.24, 2.45) is 5.73 Å². The second kappa shape index (κ2) is 6.06. The summed E-state index contributed by atoms with van der Waals surface area (Å²) in [5.74, 6) is -0.128. The molecule has 0 saturated carbocycles. The van der Waals surface area contributed by atoms with Gasteiger partial charge in [-0.1, -0.05) is 17.7 Å². The predicted molar refractivity (Wildman–Crippen MR) is 74.7 cm³/mol. The molecule has 0 unspecified atom stereocenters. The van der Waals surface area contributed by atoms with Crippen LogP contribution in [0.15, 0.2) is 29.2 Å². The fourth-order valence-corrected chi connectivity index (χ4v) is 2.93. The summed E-state index contributed by atoms with van der Waals surface area (Å²) in [6, 6.07) is 5.94. The van der Waals surface area contributed by atoms with E-state index in [0.29, 0.717) is 0 Å². The molecular formula is C13H20N2O3S. The Labute approximate surface area is 114 Å². The van der Waals surface area contributed by atoms with Crippen molar-refractivity contribution in [3.05, 3.63) is 29.8 Å². The summed E-state index contributed by atoms with van der Waals surface area (Å²) >= 11 is 0. The van der Waals surface area contributed by atoms with Crippen molar-refractivity contribution in [3.63, 3.8) is 0 Å². The lowest BCUT2D eigenvalue weighted by Crippen LogP contribution is -2.43. The molecule has 19 heavy (non-hydrogen) atoms. The van der Waals surface area contributed by atoms with Crippen molar-refractivity contribution < 1.29 is 13.2 Å². The highest BCUT2D eigenvalue weighted by Crippen LogP contribution is 2.12. The second-order valence-corrected chi connectivity index (χ2v) is 6.87. The SMILES string of the molecule is Cc1ccc(S(=O)(=O)CCN(C(N)=O)C(C)C)cc1. The number of rotatable bonds is 5. The number of primary amides is 1. The number of benzene rings is 1. The molecule has 1 aromatic carbocycles. The number of aryl methyl sites for hydroxylation is 1. The molecule has 1 aromatic rings. The summed E-state index contributed by atoms with van der Waals surface area (Å²) in [6.45, 7) is 5.58. The maximum absolute atomic E-state index is 12.1. The van der Waals surface area contributed by atoms with E-state index in [-0.39, 0.29) is 23.2 Å². The van der Waals surface area contributed by atoms with Gasteiger partial charge in [0.15, 0.2) is 9.84 Å². The summed E-state index contributed by atoms with van der Waals surface area (Å²) in [5, 5.41) is 0. The van der Waals surface area contributed by atoms with Crippen LogP contribution in [-0.2, 0) is 9.84 Å². The number of nitrogens with zero attached hydrogens (tertiary/aromatic N) is 1. The van der Waals surface area contributed by atoms with Gasteiger partial charge in [-0.15, -0.1) is 0 Å². The highest BCUT2D eigenvalue weighted by molar-refractivity contribution is 7.91. The van der Waals surface area contributed by atoms with E-state index in [1.54, 1.807) is 38.1 Å². The Morgan fingerprint density at radius 3 is 2.21 bits per heavy atom. The molecule has 0 heterocycles. The molecule has 2 N–H and O–H groups in total. The van der Waals surface area contributed by atoms with Crippen LogP contribution in [0.25, 0.3) is 0 Å². The second-order valence-electron chi connectivity index (χ2n) is 4.76. The lowest BCUT2D eigenvalue weighted by Gasteiger charge is -2.24. The Hall–Kier alpha value is -1.56. The number of urea groups is 1.